The molecular weight excluding hydrogens is 291 g/mol. The zero-order valence-corrected chi connectivity index (χ0v) is 12.0. The van der Waals surface area contributed by atoms with E-state index in [2.05, 4.69) is 5.32 Å². The lowest BCUT2D eigenvalue weighted by atomic mass is 9.92. The molecule has 5 nitrogen and oxygen atoms in total. The van der Waals surface area contributed by atoms with Gasteiger partial charge >= 0.3 is 5.97 Å². The molecule has 1 amide bonds. The number of anilines is 1. The van der Waals surface area contributed by atoms with Crippen LogP contribution >= 0.6 is 23.2 Å². The van der Waals surface area contributed by atoms with Gasteiger partial charge in [-0.3, -0.25) is 4.79 Å². The molecule has 0 heterocycles. The van der Waals surface area contributed by atoms with Crippen LogP contribution in [-0.2, 0) is 4.79 Å². The predicted octanol–water partition coefficient (Wildman–Crippen LogP) is 2.62. The monoisotopic (exact) mass is 304 g/mol. The van der Waals surface area contributed by atoms with E-state index in [-0.39, 0.29) is 33.7 Å². The minimum absolute atomic E-state index is 0.0499. The molecule has 0 unspecified atom stereocenters. The fourth-order valence-corrected chi connectivity index (χ4v) is 1.77. The van der Waals surface area contributed by atoms with Crippen molar-refractivity contribution >= 4 is 40.8 Å². The number of carbonyl (C=O) groups excluding carboxylic acids is 1. The number of nitrogens with one attached hydrogen (secondary N) is 1. The lowest BCUT2D eigenvalue weighted by Gasteiger charge is -2.22. The molecule has 0 radical (unpaired) electrons. The zero-order chi connectivity index (χ0) is 14.8. The molecule has 104 valence electrons. The Kier molecular flexibility index (Phi) is 4.79. The Balaban J connectivity index is 3.10. The minimum Gasteiger partial charge on any atom is -0.478 e. The molecule has 0 aliphatic carbocycles. The van der Waals surface area contributed by atoms with Gasteiger partial charge in [-0.1, -0.05) is 23.2 Å². The van der Waals surface area contributed by atoms with Crippen LogP contribution in [0.3, 0.4) is 0 Å². The fraction of sp³-hybridized carbons (Fsp3) is 0.333. The van der Waals surface area contributed by atoms with E-state index in [4.69, 9.17) is 34.0 Å². The number of amides is 1. The molecule has 0 aliphatic heterocycles. The first kappa shape index (κ1) is 15.8. The van der Waals surface area contributed by atoms with Crippen LogP contribution in [0.2, 0.25) is 10.0 Å². The Bertz CT molecular complexity index is 507. The predicted molar refractivity (Wildman–Crippen MR) is 74.9 cm³/mol. The number of hydrogen-bond acceptors (Lipinski definition) is 3. The van der Waals surface area contributed by atoms with Crippen molar-refractivity contribution in [1.82, 2.24) is 0 Å². The minimum atomic E-state index is -1.15. The molecule has 0 atom stereocenters. The molecular formula is C12H14Cl2N2O3. The van der Waals surface area contributed by atoms with E-state index in [0.717, 1.165) is 0 Å². The van der Waals surface area contributed by atoms with E-state index in [1.165, 1.54) is 12.1 Å². The molecule has 4 N–H and O–H groups in total. The highest BCUT2D eigenvalue weighted by Gasteiger charge is 2.27. The highest BCUT2D eigenvalue weighted by molar-refractivity contribution is 6.40. The third-order valence-corrected chi connectivity index (χ3v) is 3.25. The summed E-state index contributed by atoms with van der Waals surface area (Å²) in [6, 6.07) is 2.45. The number of halogens is 2. The number of carbonyl (C=O) groups is 2. The third-order valence-electron chi connectivity index (χ3n) is 2.65. The first-order valence-corrected chi connectivity index (χ1v) is 6.18. The number of rotatable bonds is 4. The van der Waals surface area contributed by atoms with Crippen LogP contribution in [0.15, 0.2) is 12.1 Å². The maximum absolute atomic E-state index is 12.0. The van der Waals surface area contributed by atoms with Crippen molar-refractivity contribution in [2.75, 3.05) is 11.9 Å². The van der Waals surface area contributed by atoms with Crippen molar-refractivity contribution < 1.29 is 14.7 Å². The van der Waals surface area contributed by atoms with Gasteiger partial charge in [0, 0.05) is 6.54 Å². The summed E-state index contributed by atoms with van der Waals surface area (Å²) < 4.78 is 0. The molecule has 19 heavy (non-hydrogen) atoms. The van der Waals surface area contributed by atoms with E-state index in [9.17, 15) is 9.59 Å². The largest absolute Gasteiger partial charge is 0.478 e. The third kappa shape index (κ3) is 3.59. The highest BCUT2D eigenvalue weighted by Crippen LogP contribution is 2.33. The summed E-state index contributed by atoms with van der Waals surface area (Å²) in [6.07, 6.45) is 0. The Labute approximate surface area is 120 Å². The summed E-state index contributed by atoms with van der Waals surface area (Å²) in [5.74, 6) is -1.49. The second kappa shape index (κ2) is 5.77. The lowest BCUT2D eigenvalue weighted by Crippen LogP contribution is -2.37. The fourth-order valence-electron chi connectivity index (χ4n) is 1.19. The maximum Gasteiger partial charge on any atom is 0.335 e. The Morgan fingerprint density at radius 1 is 1.32 bits per heavy atom. The van der Waals surface area contributed by atoms with Gasteiger partial charge in [-0.15, -0.1) is 0 Å². The van der Waals surface area contributed by atoms with E-state index in [1.54, 1.807) is 13.8 Å². The summed E-state index contributed by atoms with van der Waals surface area (Å²) in [6.45, 7) is 3.51. The number of carboxylic acids is 1. The Hall–Kier alpha value is -1.30. The number of nitrogens with two attached hydrogens (primary N) is 1. The molecule has 0 bridgehead atoms. The van der Waals surface area contributed by atoms with E-state index in [0.29, 0.717) is 0 Å². The van der Waals surface area contributed by atoms with Crippen molar-refractivity contribution in [3.05, 3.63) is 27.7 Å². The van der Waals surface area contributed by atoms with Gasteiger partial charge in [0.05, 0.1) is 26.7 Å². The topological polar surface area (TPSA) is 92.4 Å². The lowest BCUT2D eigenvalue weighted by molar-refractivity contribution is -0.123. The van der Waals surface area contributed by atoms with Gasteiger partial charge in [-0.05, 0) is 26.0 Å². The molecule has 1 rings (SSSR count). The van der Waals surface area contributed by atoms with Gasteiger partial charge in [0.15, 0.2) is 0 Å². The van der Waals surface area contributed by atoms with Gasteiger partial charge < -0.3 is 16.2 Å². The molecule has 0 aliphatic rings. The molecule has 1 aromatic carbocycles. The summed E-state index contributed by atoms with van der Waals surface area (Å²) >= 11 is 11.8. The molecule has 0 aromatic heterocycles. The first-order chi connectivity index (χ1) is 8.69. The van der Waals surface area contributed by atoms with Gasteiger partial charge in [0.1, 0.15) is 0 Å². The van der Waals surface area contributed by atoms with Crippen molar-refractivity contribution in [1.29, 1.82) is 0 Å². The van der Waals surface area contributed by atoms with Crippen molar-refractivity contribution in [3.8, 4) is 0 Å². The van der Waals surface area contributed by atoms with Gasteiger partial charge in [0.25, 0.3) is 0 Å². The second-order valence-electron chi connectivity index (χ2n) is 4.66. The summed E-state index contributed by atoms with van der Waals surface area (Å²) in [4.78, 5) is 22.8. The van der Waals surface area contributed by atoms with Crippen LogP contribution in [0.4, 0.5) is 5.69 Å². The van der Waals surface area contributed by atoms with E-state index >= 15 is 0 Å². The van der Waals surface area contributed by atoms with Crippen molar-refractivity contribution in [2.45, 2.75) is 13.8 Å². The highest BCUT2D eigenvalue weighted by atomic mass is 35.5. The summed E-state index contributed by atoms with van der Waals surface area (Å²) in [5.41, 5.74) is 4.85. The molecule has 7 heteroatoms. The standard InChI is InChI=1S/C12H14Cl2N2O3/c1-12(2,5-15)11(19)16-9-7(13)3-6(10(17)18)4-8(9)14/h3-4H,5,15H2,1-2H3,(H,16,19)(H,17,18). The smallest absolute Gasteiger partial charge is 0.335 e. The van der Waals surface area contributed by atoms with Crippen LogP contribution in [0.5, 0.6) is 0 Å². The SMILES string of the molecule is CC(C)(CN)C(=O)Nc1c(Cl)cc(C(=O)O)cc1Cl. The van der Waals surface area contributed by atoms with E-state index in [1.807, 2.05) is 0 Å². The van der Waals surface area contributed by atoms with Crippen LogP contribution < -0.4 is 11.1 Å². The normalized spacial score (nSPS) is 11.2. The second-order valence-corrected chi connectivity index (χ2v) is 5.48. The van der Waals surface area contributed by atoms with Gasteiger partial charge in [-0.25, -0.2) is 4.79 Å². The summed E-state index contributed by atoms with van der Waals surface area (Å²) in [7, 11) is 0. The molecule has 0 spiro atoms. The van der Waals surface area contributed by atoms with Crippen LogP contribution in [0.25, 0.3) is 0 Å². The molecule has 1 aromatic rings. The van der Waals surface area contributed by atoms with Crippen LogP contribution in [0.1, 0.15) is 24.2 Å². The number of hydrogen-bond donors (Lipinski definition) is 3. The quantitative estimate of drug-likeness (QED) is 0.797. The Morgan fingerprint density at radius 3 is 2.16 bits per heavy atom. The van der Waals surface area contributed by atoms with Crippen molar-refractivity contribution in [3.63, 3.8) is 0 Å². The number of aromatic carboxylic acids is 1. The van der Waals surface area contributed by atoms with Gasteiger partial charge in [-0.2, -0.15) is 0 Å². The zero-order valence-electron chi connectivity index (χ0n) is 10.5. The van der Waals surface area contributed by atoms with Gasteiger partial charge in [0.2, 0.25) is 5.91 Å². The van der Waals surface area contributed by atoms with E-state index < -0.39 is 11.4 Å². The molecule has 0 saturated heterocycles. The Morgan fingerprint density at radius 2 is 1.79 bits per heavy atom. The number of benzene rings is 1. The molecule has 0 fully saturated rings. The summed E-state index contributed by atoms with van der Waals surface area (Å²) in [5, 5.41) is 11.5. The van der Waals surface area contributed by atoms with Crippen molar-refractivity contribution in [2.24, 2.45) is 11.1 Å². The van der Waals surface area contributed by atoms with Crippen LogP contribution in [0, 0.1) is 5.41 Å². The number of carboxylic acid groups (broad SMARTS) is 1. The van der Waals surface area contributed by atoms with Crippen LogP contribution in [-0.4, -0.2) is 23.5 Å². The average Bonchev–Trinajstić information content (AvgIpc) is 2.32. The first-order valence-electron chi connectivity index (χ1n) is 5.43. The molecule has 0 saturated carbocycles. The average molecular weight is 305 g/mol. The maximum atomic E-state index is 12.0.